The van der Waals surface area contributed by atoms with Crippen molar-refractivity contribution in [3.05, 3.63) is 86.8 Å². The van der Waals surface area contributed by atoms with Crippen molar-refractivity contribution in [2.45, 2.75) is 26.3 Å². The van der Waals surface area contributed by atoms with Crippen LogP contribution in [-0.2, 0) is 24.8 Å². The molecule has 0 aliphatic carbocycles. The van der Waals surface area contributed by atoms with E-state index in [9.17, 15) is 9.59 Å². The highest BCUT2D eigenvalue weighted by atomic mass is 35.5. The minimum atomic E-state index is -0.00700. The molecule has 5 heteroatoms. The maximum absolute atomic E-state index is 12.6. The van der Waals surface area contributed by atoms with Crippen molar-refractivity contribution in [3.63, 3.8) is 0 Å². The number of benzene rings is 2. The number of anilines is 1. The van der Waals surface area contributed by atoms with Gasteiger partial charge in [0.15, 0.2) is 0 Å². The van der Waals surface area contributed by atoms with E-state index in [4.69, 9.17) is 11.6 Å². The zero-order valence-electron chi connectivity index (χ0n) is 15.9. The van der Waals surface area contributed by atoms with Crippen molar-refractivity contribution in [1.82, 2.24) is 4.57 Å². The van der Waals surface area contributed by atoms with Crippen LogP contribution in [0.5, 0.6) is 0 Å². The Labute approximate surface area is 169 Å². The average Bonchev–Trinajstić information content (AvgIpc) is 2.68. The summed E-state index contributed by atoms with van der Waals surface area (Å²) in [4.78, 5) is 26.4. The van der Waals surface area contributed by atoms with Crippen molar-refractivity contribution >= 4 is 23.2 Å². The minimum Gasteiger partial charge on any atom is -0.318 e. The van der Waals surface area contributed by atoms with E-state index in [0.717, 1.165) is 27.9 Å². The van der Waals surface area contributed by atoms with Crippen molar-refractivity contribution in [3.8, 4) is 11.1 Å². The highest BCUT2D eigenvalue weighted by molar-refractivity contribution is 6.34. The molecule has 4 nitrogen and oxygen atoms in total. The molecule has 0 bridgehead atoms. The van der Waals surface area contributed by atoms with E-state index in [2.05, 4.69) is 6.07 Å². The summed E-state index contributed by atoms with van der Waals surface area (Å²) < 4.78 is 1.59. The first-order chi connectivity index (χ1) is 13.4. The number of amides is 1. The third-order valence-corrected chi connectivity index (χ3v) is 5.49. The average molecular weight is 393 g/mol. The van der Waals surface area contributed by atoms with Gasteiger partial charge in [-0.25, -0.2) is 0 Å². The monoisotopic (exact) mass is 392 g/mol. The van der Waals surface area contributed by atoms with Crippen molar-refractivity contribution in [2.24, 2.45) is 7.05 Å². The maximum atomic E-state index is 12.6. The summed E-state index contributed by atoms with van der Waals surface area (Å²) in [5.41, 5.74) is 5.50. The summed E-state index contributed by atoms with van der Waals surface area (Å²) in [5.74, 6) is 0.0870. The van der Waals surface area contributed by atoms with Crippen LogP contribution in [0.3, 0.4) is 0 Å². The van der Waals surface area contributed by atoms with Gasteiger partial charge in [0.2, 0.25) is 5.91 Å². The molecule has 0 spiro atoms. The lowest BCUT2D eigenvalue weighted by atomic mass is 9.95. The summed E-state index contributed by atoms with van der Waals surface area (Å²) in [7, 11) is 1.75. The second-order valence-electron chi connectivity index (χ2n) is 7.26. The maximum Gasteiger partial charge on any atom is 0.253 e. The number of hydrogen-bond acceptors (Lipinski definition) is 2. The van der Waals surface area contributed by atoms with E-state index in [1.54, 1.807) is 16.5 Å². The van der Waals surface area contributed by atoms with Crippen molar-refractivity contribution in [1.29, 1.82) is 0 Å². The number of nitrogens with zero attached hydrogens (tertiary/aromatic N) is 2. The zero-order chi connectivity index (χ0) is 19.8. The van der Waals surface area contributed by atoms with E-state index in [1.807, 2.05) is 55.6 Å². The summed E-state index contributed by atoms with van der Waals surface area (Å²) in [6.07, 6.45) is 2.95. The van der Waals surface area contributed by atoms with Crippen LogP contribution in [0.4, 0.5) is 5.69 Å². The minimum absolute atomic E-state index is 0.00700. The normalized spacial score (nSPS) is 13.5. The fourth-order valence-electron chi connectivity index (χ4n) is 3.79. The van der Waals surface area contributed by atoms with Gasteiger partial charge in [-0.15, -0.1) is 0 Å². The molecule has 1 aliphatic rings. The van der Waals surface area contributed by atoms with Crippen molar-refractivity contribution < 1.29 is 4.79 Å². The number of aromatic nitrogens is 1. The summed E-state index contributed by atoms with van der Waals surface area (Å²) in [5, 5.41) is 0.558. The van der Waals surface area contributed by atoms with Crippen LogP contribution in [0, 0.1) is 6.92 Å². The molecule has 0 atom stereocenters. The Morgan fingerprint density at radius 3 is 2.46 bits per heavy atom. The Morgan fingerprint density at radius 1 is 1.00 bits per heavy atom. The van der Waals surface area contributed by atoms with Crippen LogP contribution in [-0.4, -0.2) is 10.5 Å². The van der Waals surface area contributed by atoms with Gasteiger partial charge >= 0.3 is 0 Å². The number of rotatable bonds is 3. The summed E-state index contributed by atoms with van der Waals surface area (Å²) >= 11 is 6.67. The SMILES string of the molecule is Cc1cc(-c2cc(Cl)c3c(c2)CCC(=O)N3Cc2ccccc2)cn(C)c1=O. The van der Waals surface area contributed by atoms with Gasteiger partial charge in [0.05, 0.1) is 17.3 Å². The Kier molecular flexibility index (Phi) is 4.82. The van der Waals surface area contributed by atoms with Crippen molar-refractivity contribution in [2.75, 3.05) is 4.90 Å². The van der Waals surface area contributed by atoms with E-state index < -0.39 is 0 Å². The predicted molar refractivity (Wildman–Crippen MR) is 113 cm³/mol. The smallest absolute Gasteiger partial charge is 0.253 e. The molecule has 3 aromatic rings. The molecular weight excluding hydrogens is 372 g/mol. The molecule has 0 N–H and O–H groups in total. The topological polar surface area (TPSA) is 42.3 Å². The molecular formula is C23H21ClN2O2. The lowest BCUT2D eigenvalue weighted by Gasteiger charge is -2.31. The van der Waals surface area contributed by atoms with E-state index in [1.165, 1.54) is 0 Å². The molecule has 0 unspecified atom stereocenters. The van der Waals surface area contributed by atoms with E-state index in [0.29, 0.717) is 30.0 Å². The Bertz CT molecular complexity index is 1090. The highest BCUT2D eigenvalue weighted by Gasteiger charge is 2.27. The first kappa shape index (κ1) is 18.5. The van der Waals surface area contributed by atoms with E-state index >= 15 is 0 Å². The Balaban J connectivity index is 1.78. The number of halogens is 1. The summed E-state index contributed by atoms with van der Waals surface area (Å²) in [6.45, 7) is 2.32. The third-order valence-electron chi connectivity index (χ3n) is 5.20. The molecule has 1 aliphatic heterocycles. The molecule has 4 rings (SSSR count). The zero-order valence-corrected chi connectivity index (χ0v) is 16.7. The quantitative estimate of drug-likeness (QED) is 0.658. The van der Waals surface area contributed by atoms with Gasteiger partial charge in [-0.1, -0.05) is 41.9 Å². The van der Waals surface area contributed by atoms with Gasteiger partial charge in [-0.2, -0.15) is 0 Å². The molecule has 0 saturated carbocycles. The Hall–Kier alpha value is -2.85. The number of fused-ring (bicyclic) bond motifs is 1. The van der Waals surface area contributed by atoms with Crippen LogP contribution >= 0.6 is 11.6 Å². The number of pyridine rings is 1. The molecule has 142 valence electrons. The van der Waals surface area contributed by atoms with Gasteiger partial charge in [0.25, 0.3) is 5.56 Å². The lowest BCUT2D eigenvalue weighted by Crippen LogP contribution is -2.34. The second-order valence-corrected chi connectivity index (χ2v) is 7.67. The number of aryl methyl sites for hydroxylation is 3. The largest absolute Gasteiger partial charge is 0.318 e. The van der Waals surface area contributed by atoms with Gasteiger partial charge in [0.1, 0.15) is 0 Å². The van der Waals surface area contributed by atoms with Gasteiger partial charge in [-0.3, -0.25) is 9.59 Å². The lowest BCUT2D eigenvalue weighted by molar-refractivity contribution is -0.119. The fraction of sp³-hybridized carbons (Fsp3) is 0.217. The first-order valence-electron chi connectivity index (χ1n) is 9.28. The van der Waals surface area contributed by atoms with Crippen LogP contribution in [0.15, 0.2) is 59.5 Å². The fourth-order valence-corrected chi connectivity index (χ4v) is 4.13. The molecule has 0 saturated heterocycles. The molecule has 0 radical (unpaired) electrons. The van der Waals surface area contributed by atoms with Crippen LogP contribution < -0.4 is 10.5 Å². The van der Waals surface area contributed by atoms with Gasteiger partial charge in [-0.05, 0) is 53.8 Å². The molecule has 1 amide bonds. The van der Waals surface area contributed by atoms with E-state index in [-0.39, 0.29) is 11.5 Å². The molecule has 28 heavy (non-hydrogen) atoms. The standard InChI is InChI=1S/C23H21ClN2O2/c1-15-10-19(14-25(2)23(15)28)18-11-17-8-9-21(27)26(22(17)20(24)12-18)13-16-6-4-3-5-7-16/h3-7,10-12,14H,8-9,13H2,1-2H3. The molecule has 2 aromatic carbocycles. The van der Waals surface area contributed by atoms with Gasteiger partial charge in [0, 0.05) is 25.2 Å². The summed E-state index contributed by atoms with van der Waals surface area (Å²) in [6, 6.07) is 15.8. The number of hydrogen-bond donors (Lipinski definition) is 0. The predicted octanol–water partition coefficient (Wildman–Crippen LogP) is 4.49. The van der Waals surface area contributed by atoms with Crippen LogP contribution in [0.25, 0.3) is 11.1 Å². The molecule has 1 aromatic heterocycles. The molecule has 0 fully saturated rings. The second kappa shape index (κ2) is 7.28. The number of carbonyl (C=O) groups excluding carboxylic acids is 1. The Morgan fingerprint density at radius 2 is 1.75 bits per heavy atom. The molecule has 2 heterocycles. The van der Waals surface area contributed by atoms with Crippen LogP contribution in [0.2, 0.25) is 5.02 Å². The third kappa shape index (κ3) is 3.36. The van der Waals surface area contributed by atoms with Crippen LogP contribution in [0.1, 0.15) is 23.1 Å². The number of carbonyl (C=O) groups is 1. The first-order valence-corrected chi connectivity index (χ1v) is 9.66. The highest BCUT2D eigenvalue weighted by Crippen LogP contribution is 2.39. The van der Waals surface area contributed by atoms with Gasteiger partial charge < -0.3 is 9.47 Å².